The van der Waals surface area contributed by atoms with Crippen LogP contribution in [0.5, 0.6) is 0 Å². The van der Waals surface area contributed by atoms with Crippen molar-refractivity contribution in [2.45, 2.75) is 31.9 Å². The van der Waals surface area contributed by atoms with E-state index >= 15 is 0 Å². The molecule has 94 valence electrons. The van der Waals surface area contributed by atoms with Crippen LogP contribution in [0.15, 0.2) is 0 Å². The summed E-state index contributed by atoms with van der Waals surface area (Å²) in [5.74, 6) is 1.07. The molecule has 1 aliphatic rings. The number of aryl methyl sites for hydroxylation is 3. The Kier molecular flexibility index (Phi) is 3.44. The molecule has 5 nitrogen and oxygen atoms in total. The van der Waals surface area contributed by atoms with Gasteiger partial charge in [-0.3, -0.25) is 0 Å². The third kappa shape index (κ3) is 2.81. The van der Waals surface area contributed by atoms with Crippen molar-refractivity contribution in [2.24, 2.45) is 5.73 Å². The lowest BCUT2D eigenvalue weighted by atomic mass is 10.1. The number of aromatic nitrogens is 2. The first-order valence-electron chi connectivity index (χ1n) is 5.77. The van der Waals surface area contributed by atoms with Gasteiger partial charge in [0, 0.05) is 29.8 Å². The summed E-state index contributed by atoms with van der Waals surface area (Å²) in [7, 11) is -2.95. The molecule has 1 aliphatic heterocycles. The minimum Gasteiger partial charge on any atom is -0.330 e. The van der Waals surface area contributed by atoms with Gasteiger partial charge in [0.25, 0.3) is 0 Å². The smallest absolute Gasteiger partial charge is 0.154 e. The van der Waals surface area contributed by atoms with Crippen LogP contribution < -0.4 is 5.73 Å². The van der Waals surface area contributed by atoms with Gasteiger partial charge in [0.15, 0.2) is 9.84 Å². The molecule has 1 aromatic rings. The minimum absolute atomic E-state index is 0.0886. The van der Waals surface area contributed by atoms with E-state index in [0.717, 1.165) is 35.6 Å². The van der Waals surface area contributed by atoms with E-state index in [-0.39, 0.29) is 11.5 Å². The molecule has 1 aromatic heterocycles. The van der Waals surface area contributed by atoms with Crippen LogP contribution in [0.25, 0.3) is 0 Å². The first-order chi connectivity index (χ1) is 8.02. The summed E-state index contributed by atoms with van der Waals surface area (Å²) in [6.45, 7) is 2.47. The van der Waals surface area contributed by atoms with Crippen LogP contribution in [0.4, 0.5) is 0 Å². The van der Waals surface area contributed by atoms with E-state index < -0.39 is 9.84 Å². The number of nitrogens with zero attached hydrogens (tertiary/aromatic N) is 2. The zero-order chi connectivity index (χ0) is 12.5. The standard InChI is InChI=1S/C11H17N3O2S/c1-8-9-7-17(15,16)6-4-10(9)14-11(13-8)3-2-5-12/h2-7,12H2,1H3. The number of hydrogen-bond acceptors (Lipinski definition) is 5. The van der Waals surface area contributed by atoms with Crippen molar-refractivity contribution in [2.75, 3.05) is 12.3 Å². The second kappa shape index (κ2) is 4.70. The third-order valence-corrected chi connectivity index (χ3v) is 4.52. The maximum absolute atomic E-state index is 11.6. The number of nitrogens with two attached hydrogens (primary N) is 1. The molecular formula is C11H17N3O2S. The topological polar surface area (TPSA) is 85.9 Å². The zero-order valence-corrected chi connectivity index (χ0v) is 10.8. The Morgan fingerprint density at radius 2 is 2.12 bits per heavy atom. The van der Waals surface area contributed by atoms with E-state index in [1.165, 1.54) is 0 Å². The number of rotatable bonds is 3. The summed E-state index contributed by atoms with van der Waals surface area (Å²) in [4.78, 5) is 8.80. The third-order valence-electron chi connectivity index (χ3n) is 2.96. The van der Waals surface area contributed by atoms with Crippen LogP contribution in [0.1, 0.15) is 29.2 Å². The van der Waals surface area contributed by atoms with E-state index in [2.05, 4.69) is 9.97 Å². The van der Waals surface area contributed by atoms with E-state index in [0.29, 0.717) is 13.0 Å². The Balaban J connectivity index is 2.33. The molecule has 2 rings (SSSR count). The van der Waals surface area contributed by atoms with Gasteiger partial charge in [0.2, 0.25) is 0 Å². The van der Waals surface area contributed by atoms with Crippen molar-refractivity contribution in [3.63, 3.8) is 0 Å². The molecule has 0 aromatic carbocycles. The molecular weight excluding hydrogens is 238 g/mol. The van der Waals surface area contributed by atoms with Crippen LogP contribution >= 0.6 is 0 Å². The van der Waals surface area contributed by atoms with Gasteiger partial charge < -0.3 is 5.73 Å². The SMILES string of the molecule is Cc1nc(CCCN)nc2c1CS(=O)(=O)CC2. The second-order valence-electron chi connectivity index (χ2n) is 4.38. The van der Waals surface area contributed by atoms with Gasteiger partial charge in [-0.25, -0.2) is 18.4 Å². The number of hydrogen-bond donors (Lipinski definition) is 1. The molecule has 0 amide bonds. The second-order valence-corrected chi connectivity index (χ2v) is 6.57. The monoisotopic (exact) mass is 255 g/mol. The minimum atomic E-state index is -2.95. The molecule has 0 aliphatic carbocycles. The molecule has 0 radical (unpaired) electrons. The van der Waals surface area contributed by atoms with E-state index in [4.69, 9.17) is 5.73 Å². The molecule has 0 fully saturated rings. The fraction of sp³-hybridized carbons (Fsp3) is 0.636. The highest BCUT2D eigenvalue weighted by atomic mass is 32.2. The van der Waals surface area contributed by atoms with Crippen LogP contribution in [0.2, 0.25) is 0 Å². The Morgan fingerprint density at radius 3 is 2.82 bits per heavy atom. The fourth-order valence-electron chi connectivity index (χ4n) is 2.03. The lowest BCUT2D eigenvalue weighted by Gasteiger charge is -2.18. The molecule has 2 N–H and O–H groups in total. The average molecular weight is 255 g/mol. The Morgan fingerprint density at radius 1 is 1.35 bits per heavy atom. The predicted octanol–water partition coefficient (Wildman–Crippen LogP) is 0.147. The number of sulfone groups is 1. The predicted molar refractivity (Wildman–Crippen MR) is 65.3 cm³/mol. The van der Waals surface area contributed by atoms with Crippen LogP contribution in [-0.2, 0) is 28.4 Å². The largest absolute Gasteiger partial charge is 0.330 e. The van der Waals surface area contributed by atoms with Gasteiger partial charge in [-0.15, -0.1) is 0 Å². The molecule has 0 bridgehead atoms. The summed E-state index contributed by atoms with van der Waals surface area (Å²) in [5, 5.41) is 0. The fourth-order valence-corrected chi connectivity index (χ4v) is 3.49. The summed E-state index contributed by atoms with van der Waals surface area (Å²) in [6, 6.07) is 0. The zero-order valence-electron chi connectivity index (χ0n) is 9.94. The first-order valence-corrected chi connectivity index (χ1v) is 7.60. The molecule has 2 heterocycles. The highest BCUT2D eigenvalue weighted by Crippen LogP contribution is 2.21. The van der Waals surface area contributed by atoms with Crippen LogP contribution in [0, 0.1) is 6.92 Å². The molecule has 0 saturated heterocycles. The maximum Gasteiger partial charge on any atom is 0.154 e. The van der Waals surface area contributed by atoms with Gasteiger partial charge in [0.05, 0.1) is 11.5 Å². The summed E-state index contributed by atoms with van der Waals surface area (Å²) >= 11 is 0. The molecule has 6 heteroatoms. The van der Waals surface area contributed by atoms with Crippen molar-refractivity contribution in [3.8, 4) is 0 Å². The van der Waals surface area contributed by atoms with E-state index in [9.17, 15) is 8.42 Å². The van der Waals surface area contributed by atoms with Crippen molar-refractivity contribution in [1.82, 2.24) is 9.97 Å². The van der Waals surface area contributed by atoms with Gasteiger partial charge in [-0.1, -0.05) is 0 Å². The summed E-state index contributed by atoms with van der Waals surface area (Å²) < 4.78 is 23.1. The van der Waals surface area contributed by atoms with Crippen LogP contribution in [-0.4, -0.2) is 30.7 Å². The average Bonchev–Trinajstić information content (AvgIpc) is 2.27. The molecule has 0 atom stereocenters. The molecule has 17 heavy (non-hydrogen) atoms. The molecule has 0 unspecified atom stereocenters. The van der Waals surface area contributed by atoms with E-state index in [1.54, 1.807) is 0 Å². The lowest BCUT2D eigenvalue weighted by Crippen LogP contribution is -2.22. The van der Waals surface area contributed by atoms with Crippen molar-refractivity contribution < 1.29 is 8.42 Å². The molecule has 0 saturated carbocycles. The quantitative estimate of drug-likeness (QED) is 0.830. The van der Waals surface area contributed by atoms with Gasteiger partial charge >= 0.3 is 0 Å². The summed E-state index contributed by atoms with van der Waals surface area (Å²) in [5.41, 5.74) is 7.95. The van der Waals surface area contributed by atoms with Crippen molar-refractivity contribution >= 4 is 9.84 Å². The molecule has 0 spiro atoms. The van der Waals surface area contributed by atoms with Gasteiger partial charge in [0.1, 0.15) is 5.82 Å². The van der Waals surface area contributed by atoms with Crippen molar-refractivity contribution in [1.29, 1.82) is 0 Å². The van der Waals surface area contributed by atoms with E-state index in [1.807, 2.05) is 6.92 Å². The van der Waals surface area contributed by atoms with Gasteiger partial charge in [-0.2, -0.15) is 0 Å². The first kappa shape index (κ1) is 12.4. The highest BCUT2D eigenvalue weighted by molar-refractivity contribution is 7.90. The Bertz CT molecular complexity index is 526. The Labute approximate surface area is 101 Å². The van der Waals surface area contributed by atoms with Crippen molar-refractivity contribution in [3.05, 3.63) is 22.8 Å². The highest BCUT2D eigenvalue weighted by Gasteiger charge is 2.24. The summed E-state index contributed by atoms with van der Waals surface area (Å²) in [6.07, 6.45) is 2.13. The lowest BCUT2D eigenvalue weighted by molar-refractivity contribution is 0.589. The van der Waals surface area contributed by atoms with Gasteiger partial charge in [-0.05, 0) is 19.9 Å². The van der Waals surface area contributed by atoms with Crippen LogP contribution in [0.3, 0.4) is 0 Å². The number of fused-ring (bicyclic) bond motifs is 1. The Hall–Kier alpha value is -1.01. The normalized spacial score (nSPS) is 17.8. The maximum atomic E-state index is 11.6.